The van der Waals surface area contributed by atoms with Crippen molar-refractivity contribution in [3.63, 3.8) is 0 Å². The molecule has 0 aliphatic heterocycles. The Hall–Kier alpha value is -1.48. The molecule has 0 spiro atoms. The number of benzene rings is 1. The van der Waals surface area contributed by atoms with Gasteiger partial charge in [0.05, 0.1) is 12.6 Å². The molecule has 0 saturated heterocycles. The molecule has 0 heterocycles. The summed E-state index contributed by atoms with van der Waals surface area (Å²) < 4.78 is 5.05. The summed E-state index contributed by atoms with van der Waals surface area (Å²) in [6.45, 7) is 5.40. The summed E-state index contributed by atoms with van der Waals surface area (Å²) in [4.78, 5) is 0. The zero-order valence-electron chi connectivity index (χ0n) is 8.45. The molecule has 0 aromatic heterocycles. The number of aromatic hydroxyl groups is 1. The van der Waals surface area contributed by atoms with E-state index in [0.29, 0.717) is 11.3 Å². The van der Waals surface area contributed by atoms with Gasteiger partial charge in [-0.25, -0.2) is 0 Å². The zero-order chi connectivity index (χ0) is 10.8. The van der Waals surface area contributed by atoms with Crippen molar-refractivity contribution in [3.05, 3.63) is 36.4 Å². The minimum Gasteiger partial charge on any atom is -0.508 e. The molecule has 0 radical (unpaired) electrons. The molecule has 1 aromatic rings. The zero-order valence-corrected chi connectivity index (χ0v) is 8.45. The smallest absolute Gasteiger partial charge is 0.121 e. The molecule has 0 unspecified atom stereocenters. The van der Waals surface area contributed by atoms with E-state index in [4.69, 9.17) is 10.5 Å². The van der Waals surface area contributed by atoms with Gasteiger partial charge >= 0.3 is 0 Å². The minimum absolute atomic E-state index is 0.149. The minimum atomic E-state index is -0.751. The lowest BCUT2D eigenvalue weighted by molar-refractivity contribution is 0.407. The number of ether oxygens (including phenoxy) is 1. The number of hydrogen-bond acceptors (Lipinski definition) is 3. The second kappa shape index (κ2) is 3.72. The van der Waals surface area contributed by atoms with E-state index in [0.717, 1.165) is 0 Å². The Balaban J connectivity index is 3.25. The average molecular weight is 193 g/mol. The van der Waals surface area contributed by atoms with E-state index >= 15 is 0 Å². The second-order valence-electron chi connectivity index (χ2n) is 3.37. The Kier molecular flexibility index (Phi) is 2.81. The first kappa shape index (κ1) is 10.6. The molecule has 0 fully saturated rings. The fourth-order valence-electron chi connectivity index (χ4n) is 1.18. The van der Waals surface area contributed by atoms with E-state index in [2.05, 4.69) is 6.58 Å². The monoisotopic (exact) mass is 193 g/mol. The Morgan fingerprint density at radius 1 is 1.57 bits per heavy atom. The van der Waals surface area contributed by atoms with Crippen LogP contribution >= 0.6 is 0 Å². The molecule has 76 valence electrons. The first-order valence-corrected chi connectivity index (χ1v) is 4.31. The van der Waals surface area contributed by atoms with Crippen LogP contribution in [-0.4, -0.2) is 12.2 Å². The third-order valence-corrected chi connectivity index (χ3v) is 2.21. The number of hydrogen-bond donors (Lipinski definition) is 2. The second-order valence-corrected chi connectivity index (χ2v) is 3.37. The van der Waals surface area contributed by atoms with Crippen LogP contribution in [0.5, 0.6) is 11.5 Å². The highest BCUT2D eigenvalue weighted by molar-refractivity contribution is 5.45. The number of phenols is 1. The van der Waals surface area contributed by atoms with Crippen LogP contribution in [-0.2, 0) is 5.54 Å². The van der Waals surface area contributed by atoms with Gasteiger partial charge in [-0.15, -0.1) is 6.58 Å². The maximum atomic E-state index is 9.61. The van der Waals surface area contributed by atoms with Gasteiger partial charge < -0.3 is 15.6 Å². The topological polar surface area (TPSA) is 55.5 Å². The number of phenolic OH excluding ortho intramolecular Hbond substituents is 1. The lowest BCUT2D eigenvalue weighted by Crippen LogP contribution is -2.30. The van der Waals surface area contributed by atoms with Crippen LogP contribution in [0.1, 0.15) is 12.5 Å². The van der Waals surface area contributed by atoms with Gasteiger partial charge in [-0.1, -0.05) is 6.08 Å². The predicted octanol–water partition coefficient (Wildman–Crippen LogP) is 1.76. The molecule has 3 nitrogen and oxygen atoms in total. The molecular formula is C11H15NO2. The van der Waals surface area contributed by atoms with Crippen LogP contribution in [0.2, 0.25) is 0 Å². The number of methoxy groups -OCH3 is 1. The Morgan fingerprint density at radius 2 is 2.21 bits per heavy atom. The highest BCUT2D eigenvalue weighted by atomic mass is 16.5. The fourth-order valence-corrected chi connectivity index (χ4v) is 1.18. The van der Waals surface area contributed by atoms with Crippen LogP contribution in [0.25, 0.3) is 0 Å². The van der Waals surface area contributed by atoms with Gasteiger partial charge in [-0.05, 0) is 25.1 Å². The van der Waals surface area contributed by atoms with Crippen LogP contribution in [0.3, 0.4) is 0 Å². The third kappa shape index (κ3) is 1.88. The number of nitrogens with two attached hydrogens (primary N) is 1. The third-order valence-electron chi connectivity index (χ3n) is 2.21. The molecule has 3 N–H and O–H groups in total. The molecule has 1 rings (SSSR count). The van der Waals surface area contributed by atoms with Crippen LogP contribution in [0.15, 0.2) is 30.9 Å². The van der Waals surface area contributed by atoms with E-state index < -0.39 is 5.54 Å². The van der Waals surface area contributed by atoms with Crippen LogP contribution < -0.4 is 10.5 Å². The van der Waals surface area contributed by atoms with Crippen molar-refractivity contribution in [2.24, 2.45) is 5.73 Å². The molecule has 0 saturated carbocycles. The van der Waals surface area contributed by atoms with Gasteiger partial charge in [0.25, 0.3) is 0 Å². The van der Waals surface area contributed by atoms with E-state index in [-0.39, 0.29) is 5.75 Å². The lowest BCUT2D eigenvalue weighted by Gasteiger charge is -2.22. The van der Waals surface area contributed by atoms with Gasteiger partial charge in [0.2, 0.25) is 0 Å². The molecule has 1 atom stereocenters. The Bertz CT molecular complexity index is 345. The van der Waals surface area contributed by atoms with Gasteiger partial charge in [-0.3, -0.25) is 0 Å². The molecule has 1 aromatic carbocycles. The van der Waals surface area contributed by atoms with E-state index in [1.54, 1.807) is 38.3 Å². The maximum absolute atomic E-state index is 9.61. The molecule has 3 heteroatoms. The van der Waals surface area contributed by atoms with Gasteiger partial charge in [0.1, 0.15) is 11.5 Å². The van der Waals surface area contributed by atoms with Gasteiger partial charge in [0, 0.05) is 5.56 Å². The summed E-state index contributed by atoms with van der Waals surface area (Å²) in [5.41, 5.74) is 5.78. The maximum Gasteiger partial charge on any atom is 0.121 e. The van der Waals surface area contributed by atoms with Crippen molar-refractivity contribution in [1.29, 1.82) is 0 Å². The average Bonchev–Trinajstić information content (AvgIpc) is 2.18. The van der Waals surface area contributed by atoms with Crippen molar-refractivity contribution >= 4 is 0 Å². The molecular weight excluding hydrogens is 178 g/mol. The van der Waals surface area contributed by atoms with Gasteiger partial charge in [0.15, 0.2) is 0 Å². The predicted molar refractivity (Wildman–Crippen MR) is 56.4 cm³/mol. The first-order chi connectivity index (χ1) is 6.51. The van der Waals surface area contributed by atoms with Crippen molar-refractivity contribution in [2.45, 2.75) is 12.5 Å². The Labute approximate surface area is 83.8 Å². The normalized spacial score (nSPS) is 14.5. The molecule has 0 aliphatic rings. The highest BCUT2D eigenvalue weighted by Crippen LogP contribution is 2.31. The summed E-state index contributed by atoms with van der Waals surface area (Å²) in [6.07, 6.45) is 1.58. The molecule has 0 amide bonds. The summed E-state index contributed by atoms with van der Waals surface area (Å²) in [7, 11) is 1.57. The molecule has 0 aliphatic carbocycles. The van der Waals surface area contributed by atoms with E-state index in [9.17, 15) is 5.11 Å². The highest BCUT2D eigenvalue weighted by Gasteiger charge is 2.21. The van der Waals surface area contributed by atoms with Crippen LogP contribution in [0, 0.1) is 0 Å². The largest absolute Gasteiger partial charge is 0.508 e. The standard InChI is InChI=1S/C11H15NO2/c1-4-11(2,12)9-7-8(14-3)5-6-10(9)13/h4-7,13H,1,12H2,2-3H3/t11-/m0/s1. The van der Waals surface area contributed by atoms with E-state index in [1.807, 2.05) is 0 Å². The van der Waals surface area contributed by atoms with Crippen molar-refractivity contribution in [2.75, 3.05) is 7.11 Å². The number of rotatable bonds is 3. The quantitative estimate of drug-likeness (QED) is 0.719. The Morgan fingerprint density at radius 3 is 2.71 bits per heavy atom. The summed E-state index contributed by atoms with van der Waals surface area (Å²) in [6, 6.07) is 4.94. The molecule has 0 bridgehead atoms. The summed E-state index contributed by atoms with van der Waals surface area (Å²) >= 11 is 0. The SMILES string of the molecule is C=C[C@](C)(N)c1cc(OC)ccc1O. The van der Waals surface area contributed by atoms with Gasteiger partial charge in [-0.2, -0.15) is 0 Å². The lowest BCUT2D eigenvalue weighted by atomic mass is 9.92. The summed E-state index contributed by atoms with van der Waals surface area (Å²) in [5, 5.41) is 9.61. The van der Waals surface area contributed by atoms with Crippen LogP contribution in [0.4, 0.5) is 0 Å². The fraction of sp³-hybridized carbons (Fsp3) is 0.273. The first-order valence-electron chi connectivity index (χ1n) is 4.31. The summed E-state index contributed by atoms with van der Waals surface area (Å²) in [5.74, 6) is 0.812. The molecule has 14 heavy (non-hydrogen) atoms. The van der Waals surface area contributed by atoms with Crippen molar-refractivity contribution in [3.8, 4) is 11.5 Å². The van der Waals surface area contributed by atoms with Crippen molar-refractivity contribution < 1.29 is 9.84 Å². The van der Waals surface area contributed by atoms with Crippen molar-refractivity contribution in [1.82, 2.24) is 0 Å². The van der Waals surface area contributed by atoms with E-state index in [1.165, 1.54) is 0 Å².